The number of thioether (sulfide) groups is 1. The van der Waals surface area contributed by atoms with Crippen LogP contribution in [0.2, 0.25) is 0 Å². The van der Waals surface area contributed by atoms with Crippen molar-refractivity contribution in [3.8, 4) is 11.3 Å². The number of carbonyl (C=O) groups excluding carboxylic acids is 2. The molecule has 0 aliphatic carbocycles. The molecule has 0 radical (unpaired) electrons. The molecular weight excluding hydrogens is 458 g/mol. The smallest absolute Gasteiger partial charge is 0.270 e. The molecule has 0 saturated carbocycles. The Morgan fingerprint density at radius 1 is 1.24 bits per heavy atom. The van der Waals surface area contributed by atoms with Gasteiger partial charge in [-0.1, -0.05) is 41.6 Å². The predicted molar refractivity (Wildman–Crippen MR) is 130 cm³/mol. The average molecular weight is 478 g/mol. The Morgan fingerprint density at radius 2 is 2.03 bits per heavy atom. The van der Waals surface area contributed by atoms with Gasteiger partial charge in [-0.3, -0.25) is 19.7 Å². The number of rotatable bonds is 7. The first-order valence-corrected chi connectivity index (χ1v) is 11.0. The van der Waals surface area contributed by atoms with Gasteiger partial charge in [-0.25, -0.2) is 0 Å². The van der Waals surface area contributed by atoms with Crippen molar-refractivity contribution in [2.75, 3.05) is 5.32 Å². The van der Waals surface area contributed by atoms with Crippen LogP contribution in [0.25, 0.3) is 11.3 Å². The van der Waals surface area contributed by atoms with Crippen molar-refractivity contribution >= 4 is 46.3 Å². The molecule has 172 valence electrons. The van der Waals surface area contributed by atoms with Crippen LogP contribution in [0.1, 0.15) is 17.7 Å². The summed E-state index contributed by atoms with van der Waals surface area (Å²) >= 11 is 1.12. The average Bonchev–Trinajstić information content (AvgIpc) is 3.42. The summed E-state index contributed by atoms with van der Waals surface area (Å²) in [5.74, 6) is 0.240. The van der Waals surface area contributed by atoms with Crippen LogP contribution in [0.5, 0.6) is 0 Å². The first-order chi connectivity index (χ1) is 16.4. The van der Waals surface area contributed by atoms with Gasteiger partial charge >= 0.3 is 0 Å². The molecule has 11 heteroatoms. The Morgan fingerprint density at radius 3 is 2.79 bits per heavy atom. The zero-order valence-corrected chi connectivity index (χ0v) is 18.7. The second-order valence-corrected chi connectivity index (χ2v) is 8.56. The van der Waals surface area contributed by atoms with E-state index in [4.69, 9.17) is 4.42 Å². The fraction of sp³-hybridized carbons (Fsp3) is 0.130. The largest absolute Gasteiger partial charge is 0.455 e. The van der Waals surface area contributed by atoms with Gasteiger partial charge in [0.15, 0.2) is 5.17 Å². The number of hydrogen-bond donors (Lipinski definition) is 2. The standard InChI is InChI=1S/C23H19N5O5S/c1-14-5-7-16(8-6-14)25-21(29)12-20-22(30)26-23(34-20)27-24-13-18-9-10-19(33-18)15-3-2-4-17(11-15)28(31)32/h2-11,13,20H,12H2,1H3,(H,25,29)(H,26,27,30)/b24-13-/t20-/m1/s1. The number of nitrogens with zero attached hydrogens (tertiary/aromatic N) is 3. The number of nitrogens with one attached hydrogen (secondary N) is 2. The lowest BCUT2D eigenvalue weighted by molar-refractivity contribution is -0.384. The van der Waals surface area contributed by atoms with Gasteiger partial charge in [0.05, 0.1) is 11.1 Å². The van der Waals surface area contributed by atoms with E-state index in [1.807, 2.05) is 19.1 Å². The summed E-state index contributed by atoms with van der Waals surface area (Å²) in [7, 11) is 0. The number of furan rings is 1. The van der Waals surface area contributed by atoms with Crippen molar-refractivity contribution in [1.82, 2.24) is 5.32 Å². The fourth-order valence-electron chi connectivity index (χ4n) is 3.09. The second-order valence-electron chi connectivity index (χ2n) is 7.37. The molecule has 1 aliphatic rings. The third kappa shape index (κ3) is 5.75. The molecule has 2 amide bonds. The summed E-state index contributed by atoms with van der Waals surface area (Å²) in [6.07, 6.45) is 1.36. The van der Waals surface area contributed by atoms with Crippen molar-refractivity contribution in [2.45, 2.75) is 18.6 Å². The molecule has 0 bridgehead atoms. The molecule has 10 nitrogen and oxygen atoms in total. The Hall–Kier alpha value is -4.25. The molecule has 1 aromatic heterocycles. The number of nitro groups is 1. The lowest BCUT2D eigenvalue weighted by Gasteiger charge is -2.07. The summed E-state index contributed by atoms with van der Waals surface area (Å²) in [5, 5.41) is 23.9. The second kappa shape index (κ2) is 10.1. The molecule has 4 rings (SSSR count). The number of carbonyl (C=O) groups is 2. The van der Waals surface area contributed by atoms with Gasteiger partial charge in [-0.05, 0) is 31.2 Å². The highest BCUT2D eigenvalue weighted by Gasteiger charge is 2.32. The number of amidine groups is 1. The lowest BCUT2D eigenvalue weighted by atomic mass is 10.1. The molecule has 3 aromatic rings. The molecular formula is C23H19N5O5S. The number of non-ortho nitro benzene ring substituents is 1. The molecule has 1 fully saturated rings. The minimum absolute atomic E-state index is 0.00212. The Bertz CT molecular complexity index is 1300. The molecule has 0 unspecified atom stereocenters. The minimum Gasteiger partial charge on any atom is -0.455 e. The molecule has 2 heterocycles. The van der Waals surface area contributed by atoms with Crippen LogP contribution in [0, 0.1) is 17.0 Å². The summed E-state index contributed by atoms with van der Waals surface area (Å²) in [6, 6.07) is 16.8. The van der Waals surface area contributed by atoms with Crippen molar-refractivity contribution in [1.29, 1.82) is 0 Å². The van der Waals surface area contributed by atoms with E-state index in [2.05, 4.69) is 20.8 Å². The van der Waals surface area contributed by atoms with E-state index >= 15 is 0 Å². The Labute approximate surface area is 198 Å². The summed E-state index contributed by atoms with van der Waals surface area (Å²) in [5.41, 5.74) is 2.28. The first kappa shape index (κ1) is 22.9. The van der Waals surface area contributed by atoms with Crippen molar-refractivity contribution in [3.63, 3.8) is 0 Å². The van der Waals surface area contributed by atoms with Gasteiger partial charge in [-0.2, -0.15) is 5.10 Å². The van der Waals surface area contributed by atoms with Crippen LogP contribution in [0.3, 0.4) is 0 Å². The van der Waals surface area contributed by atoms with E-state index in [1.54, 1.807) is 36.4 Å². The van der Waals surface area contributed by atoms with Gasteiger partial charge < -0.3 is 15.1 Å². The zero-order chi connectivity index (χ0) is 24.1. The van der Waals surface area contributed by atoms with Crippen LogP contribution in [-0.2, 0) is 9.59 Å². The van der Waals surface area contributed by atoms with Gasteiger partial charge in [0.2, 0.25) is 11.8 Å². The number of hydrogen-bond acceptors (Lipinski definition) is 8. The topological polar surface area (TPSA) is 139 Å². The highest BCUT2D eigenvalue weighted by atomic mass is 32.2. The quantitative estimate of drug-likeness (QED) is 0.298. The van der Waals surface area contributed by atoms with Crippen LogP contribution < -0.4 is 10.6 Å². The third-order valence-corrected chi connectivity index (χ3v) is 5.86. The summed E-state index contributed by atoms with van der Waals surface area (Å²) in [6.45, 7) is 1.95. The highest BCUT2D eigenvalue weighted by Crippen LogP contribution is 2.26. The number of aryl methyl sites for hydroxylation is 1. The zero-order valence-electron chi connectivity index (χ0n) is 17.9. The molecule has 0 spiro atoms. The highest BCUT2D eigenvalue weighted by molar-refractivity contribution is 8.15. The maximum atomic E-state index is 12.3. The van der Waals surface area contributed by atoms with E-state index in [1.165, 1.54) is 18.3 Å². The predicted octanol–water partition coefficient (Wildman–Crippen LogP) is 4.11. The molecule has 34 heavy (non-hydrogen) atoms. The monoisotopic (exact) mass is 477 g/mol. The summed E-state index contributed by atoms with van der Waals surface area (Å²) < 4.78 is 5.64. The number of anilines is 1. The van der Waals surface area contributed by atoms with Gasteiger partial charge in [-0.15, -0.1) is 5.10 Å². The van der Waals surface area contributed by atoms with Crippen molar-refractivity contribution in [3.05, 3.63) is 82.1 Å². The SMILES string of the molecule is Cc1ccc(NC(=O)C[C@H]2S/C(=N\N=C/c3ccc(-c4cccc([N+](=O)[O-])c4)o3)NC2=O)cc1. The van der Waals surface area contributed by atoms with Crippen molar-refractivity contribution < 1.29 is 18.9 Å². The number of benzene rings is 2. The first-order valence-electron chi connectivity index (χ1n) is 10.2. The molecule has 1 atom stereocenters. The molecule has 2 N–H and O–H groups in total. The van der Waals surface area contributed by atoms with Crippen LogP contribution in [0.15, 0.2) is 75.3 Å². The fourth-order valence-corrected chi connectivity index (χ4v) is 4.02. The Kier molecular flexibility index (Phi) is 6.83. The van der Waals surface area contributed by atoms with E-state index in [9.17, 15) is 19.7 Å². The maximum absolute atomic E-state index is 12.3. The molecule has 1 aliphatic heterocycles. The lowest BCUT2D eigenvalue weighted by Crippen LogP contribution is -2.28. The van der Waals surface area contributed by atoms with Gasteiger partial charge in [0.1, 0.15) is 16.8 Å². The number of amides is 2. The van der Waals surface area contributed by atoms with Crippen LogP contribution >= 0.6 is 11.8 Å². The Balaban J connectivity index is 1.34. The van der Waals surface area contributed by atoms with Gasteiger partial charge in [0, 0.05) is 29.8 Å². The van der Waals surface area contributed by atoms with E-state index in [0.29, 0.717) is 22.8 Å². The minimum atomic E-state index is -0.608. The van der Waals surface area contributed by atoms with Crippen molar-refractivity contribution in [2.24, 2.45) is 10.2 Å². The molecule has 2 aromatic carbocycles. The third-order valence-electron chi connectivity index (χ3n) is 4.78. The number of nitro benzene ring substituents is 1. The summed E-state index contributed by atoms with van der Waals surface area (Å²) in [4.78, 5) is 34.9. The van der Waals surface area contributed by atoms with Gasteiger partial charge in [0.25, 0.3) is 5.69 Å². The van der Waals surface area contributed by atoms with E-state index < -0.39 is 10.2 Å². The van der Waals surface area contributed by atoms with Crippen LogP contribution in [0.4, 0.5) is 11.4 Å². The van der Waals surface area contributed by atoms with Crippen LogP contribution in [-0.4, -0.2) is 33.4 Å². The molecule has 1 saturated heterocycles. The van der Waals surface area contributed by atoms with E-state index in [0.717, 1.165) is 17.3 Å². The maximum Gasteiger partial charge on any atom is 0.270 e. The normalized spacial score (nSPS) is 16.7. The van der Waals surface area contributed by atoms with E-state index in [-0.39, 0.29) is 29.1 Å².